The summed E-state index contributed by atoms with van der Waals surface area (Å²) in [6.07, 6.45) is 2.58. The van der Waals surface area contributed by atoms with Crippen LogP contribution in [0.25, 0.3) is 0 Å². The minimum absolute atomic E-state index is 0.0528. The Morgan fingerprint density at radius 3 is 2.09 bits per heavy atom. The molecule has 0 N–H and O–H groups in total. The van der Waals surface area contributed by atoms with Gasteiger partial charge in [-0.1, -0.05) is 78.5 Å². The highest BCUT2D eigenvalue weighted by Gasteiger charge is 2.26. The van der Waals surface area contributed by atoms with E-state index in [-0.39, 0.29) is 5.91 Å². The van der Waals surface area contributed by atoms with Crippen LogP contribution in [0.4, 0.5) is 11.4 Å². The minimum atomic E-state index is 0.0528. The van der Waals surface area contributed by atoms with Crippen LogP contribution in [0.15, 0.2) is 84.0 Å². The molecule has 0 radical (unpaired) electrons. The molecule has 0 saturated heterocycles. The molecule has 166 valence electrons. The fourth-order valence-corrected chi connectivity index (χ4v) is 5.26. The topological polar surface area (TPSA) is 51.0 Å². The molecule has 0 bridgehead atoms. The van der Waals surface area contributed by atoms with Crippen molar-refractivity contribution in [3.63, 3.8) is 0 Å². The van der Waals surface area contributed by atoms with Crippen LogP contribution in [0.1, 0.15) is 29.4 Å². The van der Waals surface area contributed by atoms with Crippen LogP contribution >= 0.6 is 11.8 Å². The van der Waals surface area contributed by atoms with Crippen LogP contribution in [0, 0.1) is 0 Å². The number of aryl methyl sites for hydroxylation is 2. The Morgan fingerprint density at radius 2 is 1.45 bits per heavy atom. The van der Waals surface area contributed by atoms with Crippen molar-refractivity contribution in [1.29, 1.82) is 0 Å². The van der Waals surface area contributed by atoms with Gasteiger partial charge in [0.1, 0.15) is 5.82 Å². The van der Waals surface area contributed by atoms with Crippen molar-refractivity contribution in [2.24, 2.45) is 0 Å². The van der Waals surface area contributed by atoms with E-state index in [1.165, 1.54) is 28.5 Å². The first-order valence-electron chi connectivity index (χ1n) is 11.3. The predicted octanol–water partition coefficient (Wildman–Crippen LogP) is 5.44. The van der Waals surface area contributed by atoms with Gasteiger partial charge in [0.2, 0.25) is 5.91 Å². The summed E-state index contributed by atoms with van der Waals surface area (Å²) in [7, 11) is 0. The number of carbonyl (C=O) groups excluding carboxylic acids is 1. The molecule has 1 amide bonds. The molecule has 0 atom stereocenters. The highest BCUT2D eigenvalue weighted by atomic mass is 32.2. The zero-order valence-corrected chi connectivity index (χ0v) is 19.5. The van der Waals surface area contributed by atoms with Crippen LogP contribution in [0.2, 0.25) is 0 Å². The monoisotopic (exact) mass is 454 g/mol. The van der Waals surface area contributed by atoms with Crippen LogP contribution in [-0.2, 0) is 30.6 Å². The third-order valence-corrected chi connectivity index (χ3v) is 6.97. The lowest BCUT2D eigenvalue weighted by atomic mass is 10.0. The molecule has 0 saturated carbocycles. The maximum Gasteiger partial charge on any atom is 0.242 e. The molecule has 1 aliphatic rings. The van der Waals surface area contributed by atoms with Gasteiger partial charge in [-0.2, -0.15) is 0 Å². The van der Waals surface area contributed by atoms with Gasteiger partial charge in [0, 0.05) is 13.0 Å². The molecule has 0 aliphatic carbocycles. The Hall–Kier alpha value is -3.38. The van der Waals surface area contributed by atoms with Crippen molar-refractivity contribution >= 4 is 29.0 Å². The van der Waals surface area contributed by atoms with Gasteiger partial charge >= 0.3 is 0 Å². The van der Waals surface area contributed by atoms with E-state index in [1.807, 2.05) is 59.5 Å². The number of fused-ring (bicyclic) bond motifs is 2. The summed E-state index contributed by atoms with van der Waals surface area (Å²) < 4.78 is 2.11. The minimum Gasteiger partial charge on any atom is -0.306 e. The lowest BCUT2D eigenvalue weighted by molar-refractivity contribution is -0.115. The molecular formula is C27H26N4OS. The summed E-state index contributed by atoms with van der Waals surface area (Å²) in [6.45, 7) is 2.85. The second kappa shape index (κ2) is 9.63. The van der Waals surface area contributed by atoms with E-state index in [0.717, 1.165) is 48.2 Å². The normalized spacial score (nSPS) is 12.7. The molecule has 1 aromatic heterocycles. The van der Waals surface area contributed by atoms with Crippen LogP contribution in [-0.4, -0.2) is 26.4 Å². The number of hydrogen-bond acceptors (Lipinski definition) is 4. The van der Waals surface area contributed by atoms with Gasteiger partial charge in [-0.15, -0.1) is 10.2 Å². The molecule has 2 heterocycles. The fourth-order valence-electron chi connectivity index (χ4n) is 4.39. The molecule has 0 fully saturated rings. The van der Waals surface area contributed by atoms with Gasteiger partial charge < -0.3 is 4.57 Å². The van der Waals surface area contributed by atoms with E-state index in [1.54, 1.807) is 0 Å². The van der Waals surface area contributed by atoms with E-state index in [2.05, 4.69) is 46.0 Å². The summed E-state index contributed by atoms with van der Waals surface area (Å²) in [5.74, 6) is 1.27. The van der Waals surface area contributed by atoms with Gasteiger partial charge in [0.25, 0.3) is 0 Å². The Kier molecular flexibility index (Phi) is 6.26. The molecule has 0 spiro atoms. The van der Waals surface area contributed by atoms with Crippen molar-refractivity contribution in [2.75, 3.05) is 10.7 Å². The molecule has 33 heavy (non-hydrogen) atoms. The number of carbonyl (C=O) groups is 1. The molecule has 6 heteroatoms. The van der Waals surface area contributed by atoms with Gasteiger partial charge in [0.05, 0.1) is 17.1 Å². The van der Waals surface area contributed by atoms with E-state index in [4.69, 9.17) is 0 Å². The van der Waals surface area contributed by atoms with E-state index >= 15 is 0 Å². The zero-order chi connectivity index (χ0) is 22.6. The quantitative estimate of drug-likeness (QED) is 0.364. The number of hydrogen-bond donors (Lipinski definition) is 0. The SMILES string of the molecule is CCn1c(Cc2ccccc2)nnc1SCC(=O)N1c2ccccc2CCc2ccccc21. The molecule has 3 aromatic carbocycles. The number of thioether (sulfide) groups is 1. The lowest BCUT2D eigenvalue weighted by Crippen LogP contribution is -2.28. The van der Waals surface area contributed by atoms with Gasteiger partial charge in [-0.25, -0.2) is 0 Å². The number of nitrogens with zero attached hydrogens (tertiary/aromatic N) is 4. The lowest BCUT2D eigenvalue weighted by Gasteiger charge is -2.24. The van der Waals surface area contributed by atoms with Crippen LogP contribution in [0.5, 0.6) is 0 Å². The molecule has 4 aromatic rings. The highest BCUT2D eigenvalue weighted by Crippen LogP contribution is 2.36. The summed E-state index contributed by atoms with van der Waals surface area (Å²) in [5, 5.41) is 9.62. The maximum atomic E-state index is 13.6. The standard InChI is InChI=1S/C27H26N4OS/c1-2-30-25(18-20-10-4-3-5-11-20)28-29-27(30)33-19-26(32)31-23-14-8-6-12-21(23)16-17-22-13-7-9-15-24(22)31/h3-15H,2,16-19H2,1H3. The molecule has 5 nitrogen and oxygen atoms in total. The number of anilines is 2. The van der Waals surface area contributed by atoms with E-state index < -0.39 is 0 Å². The summed E-state index contributed by atoms with van der Waals surface area (Å²) >= 11 is 1.46. The summed E-state index contributed by atoms with van der Waals surface area (Å²) in [4.78, 5) is 15.5. The number of aromatic nitrogens is 3. The molecule has 1 aliphatic heterocycles. The second-order valence-corrected chi connectivity index (χ2v) is 9.02. The van der Waals surface area contributed by atoms with Crippen LogP contribution in [0.3, 0.4) is 0 Å². The first kappa shape index (κ1) is 21.5. The van der Waals surface area contributed by atoms with E-state index in [0.29, 0.717) is 5.75 Å². The highest BCUT2D eigenvalue weighted by molar-refractivity contribution is 7.99. The number of rotatable bonds is 6. The average Bonchev–Trinajstić information content (AvgIpc) is 3.15. The van der Waals surface area contributed by atoms with Crippen molar-refractivity contribution in [2.45, 2.75) is 37.9 Å². The second-order valence-electron chi connectivity index (χ2n) is 8.08. The van der Waals surface area contributed by atoms with Crippen LogP contribution < -0.4 is 4.90 Å². The number of para-hydroxylation sites is 2. The predicted molar refractivity (Wildman–Crippen MR) is 133 cm³/mol. The summed E-state index contributed by atoms with van der Waals surface area (Å²) in [5.41, 5.74) is 5.57. The van der Waals surface area contributed by atoms with Gasteiger partial charge in [0.15, 0.2) is 5.16 Å². The smallest absolute Gasteiger partial charge is 0.242 e. The molecule has 5 rings (SSSR count). The number of benzene rings is 3. The van der Waals surface area contributed by atoms with Crippen molar-refractivity contribution in [1.82, 2.24) is 14.8 Å². The summed E-state index contributed by atoms with van der Waals surface area (Å²) in [6, 6.07) is 26.7. The third kappa shape index (κ3) is 4.44. The van der Waals surface area contributed by atoms with Gasteiger partial charge in [-0.3, -0.25) is 9.69 Å². The number of amides is 1. The third-order valence-electron chi connectivity index (χ3n) is 6.02. The molecular weight excluding hydrogens is 428 g/mol. The Morgan fingerprint density at radius 1 is 0.848 bits per heavy atom. The van der Waals surface area contributed by atoms with E-state index in [9.17, 15) is 4.79 Å². The van der Waals surface area contributed by atoms with Crippen molar-refractivity contribution in [3.8, 4) is 0 Å². The Balaban J connectivity index is 1.39. The average molecular weight is 455 g/mol. The van der Waals surface area contributed by atoms with Crippen molar-refractivity contribution in [3.05, 3.63) is 101 Å². The Labute approximate surface area is 198 Å². The zero-order valence-electron chi connectivity index (χ0n) is 18.6. The maximum absolute atomic E-state index is 13.6. The largest absolute Gasteiger partial charge is 0.306 e. The first-order chi connectivity index (χ1) is 16.2. The van der Waals surface area contributed by atoms with Crippen molar-refractivity contribution < 1.29 is 4.79 Å². The van der Waals surface area contributed by atoms with Gasteiger partial charge in [-0.05, 0) is 48.6 Å². The fraction of sp³-hybridized carbons (Fsp3) is 0.222. The molecule has 0 unspecified atom stereocenters. The first-order valence-corrected chi connectivity index (χ1v) is 12.3. The Bertz CT molecular complexity index is 1220.